The van der Waals surface area contributed by atoms with Gasteiger partial charge in [0.05, 0.1) is 0 Å². The van der Waals surface area contributed by atoms with E-state index in [0.717, 1.165) is 29.7 Å². The molecule has 5 rings (SSSR count). The molecule has 0 spiro atoms. The van der Waals surface area contributed by atoms with Crippen molar-refractivity contribution in [2.75, 3.05) is 26.2 Å². The predicted molar refractivity (Wildman–Crippen MR) is 65.3 cm³/mol. The van der Waals surface area contributed by atoms with Gasteiger partial charge in [-0.25, -0.2) is 0 Å². The Hall–Kier alpha value is -0.0800. The fourth-order valence-electron chi connectivity index (χ4n) is 5.02. The van der Waals surface area contributed by atoms with Crippen molar-refractivity contribution in [3.05, 3.63) is 0 Å². The number of hydrogen-bond acceptors (Lipinski definition) is 2. The molecule has 4 bridgehead atoms. The van der Waals surface area contributed by atoms with Gasteiger partial charge in [0.2, 0.25) is 0 Å². The van der Waals surface area contributed by atoms with Crippen LogP contribution >= 0.6 is 0 Å². The molecule has 6 unspecified atom stereocenters. The summed E-state index contributed by atoms with van der Waals surface area (Å²) in [7, 11) is 0. The van der Waals surface area contributed by atoms with Gasteiger partial charge in [-0.2, -0.15) is 0 Å². The van der Waals surface area contributed by atoms with Gasteiger partial charge >= 0.3 is 0 Å². The Labute approximate surface area is 98.8 Å². The molecule has 1 aliphatic carbocycles. The van der Waals surface area contributed by atoms with Crippen molar-refractivity contribution < 1.29 is 0 Å². The van der Waals surface area contributed by atoms with Crippen LogP contribution in [0.3, 0.4) is 0 Å². The molecule has 2 heteroatoms. The van der Waals surface area contributed by atoms with Crippen molar-refractivity contribution in [2.45, 2.75) is 38.1 Å². The molecule has 1 saturated carbocycles. The SMILES string of the molecule is C1CN2CC1CC(C1CC3CCC1CN3)C2. The quantitative estimate of drug-likeness (QED) is 0.724. The van der Waals surface area contributed by atoms with E-state index in [-0.39, 0.29) is 0 Å². The third-order valence-corrected chi connectivity index (χ3v) is 5.82. The summed E-state index contributed by atoms with van der Waals surface area (Å²) in [6.45, 7) is 5.59. The van der Waals surface area contributed by atoms with Gasteiger partial charge in [-0.05, 0) is 68.9 Å². The van der Waals surface area contributed by atoms with Crippen LogP contribution in [0, 0.1) is 23.7 Å². The van der Waals surface area contributed by atoms with E-state index in [4.69, 9.17) is 0 Å². The summed E-state index contributed by atoms with van der Waals surface area (Å²) in [5, 5.41) is 3.71. The van der Waals surface area contributed by atoms with Gasteiger partial charge in [0.25, 0.3) is 0 Å². The molecule has 90 valence electrons. The lowest BCUT2D eigenvalue weighted by molar-refractivity contribution is 0.0445. The molecule has 1 N–H and O–H groups in total. The van der Waals surface area contributed by atoms with Crippen LogP contribution in [0.5, 0.6) is 0 Å². The standard InChI is InChI=1S/C14H24N2/c1-2-13-6-14(11(1)7-15-13)12-5-10-3-4-16(8-10)9-12/h10-15H,1-9H2. The highest BCUT2D eigenvalue weighted by atomic mass is 15.2. The van der Waals surface area contributed by atoms with Gasteiger partial charge in [0.15, 0.2) is 0 Å². The highest BCUT2D eigenvalue weighted by Gasteiger charge is 2.43. The zero-order chi connectivity index (χ0) is 10.5. The third kappa shape index (κ3) is 1.53. The van der Waals surface area contributed by atoms with Crippen LogP contribution in [0.15, 0.2) is 0 Å². The molecule has 0 aromatic rings. The molecule has 0 aromatic carbocycles. The Kier molecular flexibility index (Phi) is 2.29. The molecule has 16 heavy (non-hydrogen) atoms. The maximum absolute atomic E-state index is 3.71. The van der Waals surface area contributed by atoms with Crippen LogP contribution in [0.2, 0.25) is 0 Å². The second kappa shape index (κ2) is 3.71. The van der Waals surface area contributed by atoms with Crippen molar-refractivity contribution in [3.63, 3.8) is 0 Å². The fraction of sp³-hybridized carbons (Fsp3) is 1.00. The predicted octanol–water partition coefficient (Wildman–Crippen LogP) is 1.72. The van der Waals surface area contributed by atoms with Gasteiger partial charge < -0.3 is 10.2 Å². The Balaban J connectivity index is 1.49. The van der Waals surface area contributed by atoms with Gasteiger partial charge in [-0.1, -0.05) is 0 Å². The Morgan fingerprint density at radius 3 is 2.62 bits per heavy atom. The summed E-state index contributed by atoms with van der Waals surface area (Å²) < 4.78 is 0. The zero-order valence-corrected chi connectivity index (χ0v) is 10.2. The van der Waals surface area contributed by atoms with E-state index in [2.05, 4.69) is 10.2 Å². The first kappa shape index (κ1) is 9.90. The maximum atomic E-state index is 3.71. The summed E-state index contributed by atoms with van der Waals surface area (Å²) in [6.07, 6.45) is 7.53. The topological polar surface area (TPSA) is 15.3 Å². The molecule has 2 nitrogen and oxygen atoms in total. The zero-order valence-electron chi connectivity index (χ0n) is 10.2. The van der Waals surface area contributed by atoms with Crippen LogP contribution in [0.1, 0.15) is 32.1 Å². The minimum atomic E-state index is 0.879. The first-order chi connectivity index (χ1) is 7.88. The van der Waals surface area contributed by atoms with Crippen LogP contribution in [-0.4, -0.2) is 37.1 Å². The van der Waals surface area contributed by atoms with Gasteiger partial charge in [-0.3, -0.25) is 0 Å². The van der Waals surface area contributed by atoms with Crippen molar-refractivity contribution in [3.8, 4) is 0 Å². The lowest BCUT2D eigenvalue weighted by Crippen LogP contribution is -2.53. The minimum absolute atomic E-state index is 0.879. The van der Waals surface area contributed by atoms with E-state index in [0.29, 0.717) is 0 Å². The summed E-state index contributed by atoms with van der Waals surface area (Å²) in [6, 6.07) is 0.879. The smallest absolute Gasteiger partial charge is 0.00701 e. The number of fused-ring (bicyclic) bond motifs is 5. The van der Waals surface area contributed by atoms with Crippen LogP contribution in [0.4, 0.5) is 0 Å². The van der Waals surface area contributed by atoms with E-state index < -0.39 is 0 Å². The Morgan fingerprint density at radius 1 is 0.938 bits per heavy atom. The van der Waals surface area contributed by atoms with Crippen LogP contribution in [-0.2, 0) is 0 Å². The molecule has 0 amide bonds. The molecule has 4 heterocycles. The Bertz CT molecular complexity index is 258. The molecule has 5 aliphatic rings. The van der Waals surface area contributed by atoms with E-state index in [1.807, 2.05) is 0 Å². The van der Waals surface area contributed by atoms with Gasteiger partial charge in [0, 0.05) is 19.1 Å². The average Bonchev–Trinajstić information content (AvgIpc) is 2.70. The van der Waals surface area contributed by atoms with Crippen LogP contribution in [0.25, 0.3) is 0 Å². The number of nitrogens with one attached hydrogen (secondary N) is 1. The summed E-state index contributed by atoms with van der Waals surface area (Å²) in [5.74, 6) is 4.21. The molecular weight excluding hydrogens is 196 g/mol. The molecular formula is C14H24N2. The lowest BCUT2D eigenvalue weighted by Gasteiger charge is -2.48. The van der Waals surface area contributed by atoms with E-state index in [1.165, 1.54) is 51.9 Å². The highest BCUT2D eigenvalue weighted by Crippen LogP contribution is 2.44. The number of piperidine rings is 3. The van der Waals surface area contributed by atoms with E-state index in [1.54, 1.807) is 6.42 Å². The largest absolute Gasteiger partial charge is 0.314 e. The van der Waals surface area contributed by atoms with Crippen molar-refractivity contribution >= 4 is 0 Å². The maximum Gasteiger partial charge on any atom is 0.00701 e. The first-order valence-electron chi connectivity index (χ1n) is 7.34. The van der Waals surface area contributed by atoms with E-state index >= 15 is 0 Å². The minimum Gasteiger partial charge on any atom is -0.314 e. The molecule has 4 saturated heterocycles. The van der Waals surface area contributed by atoms with Crippen molar-refractivity contribution in [2.24, 2.45) is 23.7 Å². The normalized spacial score (nSPS) is 55.5. The fourth-order valence-corrected chi connectivity index (χ4v) is 5.02. The highest BCUT2D eigenvalue weighted by molar-refractivity contribution is 4.97. The number of nitrogens with zero attached hydrogens (tertiary/aromatic N) is 1. The van der Waals surface area contributed by atoms with Gasteiger partial charge in [-0.15, -0.1) is 0 Å². The average molecular weight is 220 g/mol. The van der Waals surface area contributed by atoms with E-state index in [9.17, 15) is 0 Å². The molecule has 5 fully saturated rings. The molecule has 4 aliphatic heterocycles. The first-order valence-corrected chi connectivity index (χ1v) is 7.34. The van der Waals surface area contributed by atoms with Crippen LogP contribution < -0.4 is 5.32 Å². The third-order valence-electron chi connectivity index (χ3n) is 5.82. The molecule has 0 aromatic heterocycles. The Morgan fingerprint density at radius 2 is 1.94 bits per heavy atom. The number of rotatable bonds is 1. The second-order valence-corrected chi connectivity index (χ2v) is 6.75. The van der Waals surface area contributed by atoms with Crippen molar-refractivity contribution in [1.29, 1.82) is 0 Å². The van der Waals surface area contributed by atoms with Crippen molar-refractivity contribution in [1.82, 2.24) is 10.2 Å². The lowest BCUT2D eigenvalue weighted by atomic mass is 9.65. The number of hydrogen-bond donors (Lipinski definition) is 1. The summed E-state index contributed by atoms with van der Waals surface area (Å²) >= 11 is 0. The van der Waals surface area contributed by atoms with Gasteiger partial charge in [0.1, 0.15) is 0 Å². The molecule has 0 radical (unpaired) electrons. The summed E-state index contributed by atoms with van der Waals surface area (Å²) in [5.41, 5.74) is 0. The summed E-state index contributed by atoms with van der Waals surface area (Å²) in [4.78, 5) is 2.74. The monoisotopic (exact) mass is 220 g/mol. The molecule has 6 atom stereocenters. The second-order valence-electron chi connectivity index (χ2n) is 6.75.